The Morgan fingerprint density at radius 1 is 1.16 bits per heavy atom. The van der Waals surface area contributed by atoms with Crippen molar-refractivity contribution in [1.29, 1.82) is 0 Å². The molecule has 0 radical (unpaired) electrons. The van der Waals surface area contributed by atoms with Crippen molar-refractivity contribution in [2.24, 2.45) is 5.92 Å². The number of methoxy groups -OCH3 is 1. The van der Waals surface area contributed by atoms with Gasteiger partial charge in [-0.2, -0.15) is 4.98 Å². The number of ether oxygens (including phenoxy) is 2. The Hall–Kier alpha value is -2.40. The summed E-state index contributed by atoms with van der Waals surface area (Å²) >= 11 is 6.37. The zero-order chi connectivity index (χ0) is 22.2. The third-order valence-corrected chi connectivity index (χ3v) is 6.78. The van der Waals surface area contributed by atoms with E-state index in [1.54, 1.807) is 0 Å². The van der Waals surface area contributed by atoms with Crippen LogP contribution >= 0.6 is 11.6 Å². The lowest BCUT2D eigenvalue weighted by molar-refractivity contribution is -0.142. The number of hydrogen-bond acceptors (Lipinski definition) is 5. The molecular formula is C25H29ClN2O3. The quantitative estimate of drug-likeness (QED) is 0.431. The molecule has 1 fully saturated rings. The van der Waals surface area contributed by atoms with Gasteiger partial charge in [-0.05, 0) is 75.5 Å². The minimum Gasteiger partial charge on any atom is -0.469 e. The Bertz CT molecular complexity index is 1010. The van der Waals surface area contributed by atoms with Gasteiger partial charge >= 0.3 is 5.97 Å². The summed E-state index contributed by atoms with van der Waals surface area (Å²) in [5, 5.41) is 0.413. The monoisotopic (exact) mass is 440 g/mol. The first-order valence-corrected chi connectivity index (χ1v) is 11.3. The minimum absolute atomic E-state index is 0.0966. The average Bonchev–Trinajstić information content (AvgIpc) is 2.73. The molecule has 0 amide bonds. The van der Waals surface area contributed by atoms with Crippen molar-refractivity contribution < 1.29 is 14.3 Å². The predicted molar refractivity (Wildman–Crippen MR) is 122 cm³/mol. The number of nitrogens with zero attached hydrogens (tertiary/aromatic N) is 2. The molecule has 1 aliphatic heterocycles. The number of esters is 1. The van der Waals surface area contributed by atoms with E-state index in [-0.39, 0.29) is 5.97 Å². The standard InChI is InChI=1S/C25H29ClN2O3/c1-15-27-23(26)20-14-21(25(2,3)31-24(20)28-15)19-11-9-18(10-12-19)17-7-5-16(6-8-17)13-22(29)30-4/h9-12,14,16-17H,5-8,13H2,1-4H3. The summed E-state index contributed by atoms with van der Waals surface area (Å²) in [6.45, 7) is 5.90. The molecule has 0 N–H and O–H groups in total. The summed E-state index contributed by atoms with van der Waals surface area (Å²) in [6.07, 6.45) is 6.95. The third-order valence-electron chi connectivity index (χ3n) is 6.49. The van der Waals surface area contributed by atoms with Gasteiger partial charge in [0.15, 0.2) is 0 Å². The Balaban J connectivity index is 1.52. The zero-order valence-corrected chi connectivity index (χ0v) is 19.3. The molecule has 0 unspecified atom stereocenters. The maximum absolute atomic E-state index is 11.5. The first-order chi connectivity index (χ1) is 14.8. The first-order valence-electron chi connectivity index (χ1n) is 10.9. The van der Waals surface area contributed by atoms with Gasteiger partial charge in [-0.25, -0.2) is 4.98 Å². The van der Waals surface area contributed by atoms with Crippen molar-refractivity contribution in [2.45, 2.75) is 64.4 Å². The van der Waals surface area contributed by atoms with Crippen LogP contribution in [0.25, 0.3) is 11.6 Å². The van der Waals surface area contributed by atoms with Crippen LogP contribution in [-0.2, 0) is 9.53 Å². The van der Waals surface area contributed by atoms with Crippen LogP contribution in [0.2, 0.25) is 5.15 Å². The number of fused-ring (bicyclic) bond motifs is 1. The fourth-order valence-corrected chi connectivity index (χ4v) is 4.98. The molecule has 2 aromatic rings. The number of aromatic nitrogens is 2. The molecule has 4 rings (SSSR count). The Labute approximate surface area is 188 Å². The number of hydrogen-bond donors (Lipinski definition) is 0. The van der Waals surface area contributed by atoms with Gasteiger partial charge in [0.1, 0.15) is 16.6 Å². The van der Waals surface area contributed by atoms with Gasteiger partial charge in [0.25, 0.3) is 0 Å². The second kappa shape index (κ2) is 8.62. The van der Waals surface area contributed by atoms with E-state index < -0.39 is 5.60 Å². The van der Waals surface area contributed by atoms with Crippen LogP contribution in [0.15, 0.2) is 24.3 Å². The Kier molecular flexibility index (Phi) is 6.07. The molecule has 0 spiro atoms. The van der Waals surface area contributed by atoms with Crippen molar-refractivity contribution in [1.82, 2.24) is 9.97 Å². The molecule has 1 aromatic heterocycles. The van der Waals surface area contributed by atoms with Crippen LogP contribution in [0.1, 0.15) is 74.4 Å². The zero-order valence-electron chi connectivity index (χ0n) is 18.6. The normalized spacial score (nSPS) is 22.2. The number of aryl methyl sites for hydroxylation is 1. The smallest absolute Gasteiger partial charge is 0.305 e. The Morgan fingerprint density at radius 3 is 2.48 bits per heavy atom. The summed E-state index contributed by atoms with van der Waals surface area (Å²) in [5.74, 6) is 2.03. The lowest BCUT2D eigenvalue weighted by atomic mass is 9.77. The molecule has 1 saturated carbocycles. The van der Waals surface area contributed by atoms with E-state index in [4.69, 9.17) is 21.1 Å². The molecule has 2 aliphatic rings. The summed E-state index contributed by atoms with van der Waals surface area (Å²) in [5.41, 5.74) is 3.73. The van der Waals surface area contributed by atoms with E-state index >= 15 is 0 Å². The molecule has 6 heteroatoms. The molecule has 2 heterocycles. The molecular weight excluding hydrogens is 412 g/mol. The highest BCUT2D eigenvalue weighted by molar-refractivity contribution is 6.31. The molecule has 5 nitrogen and oxygen atoms in total. The molecule has 0 atom stereocenters. The van der Waals surface area contributed by atoms with E-state index in [2.05, 4.69) is 34.2 Å². The lowest BCUT2D eigenvalue weighted by Gasteiger charge is -2.34. The van der Waals surface area contributed by atoms with Crippen molar-refractivity contribution >= 4 is 29.2 Å². The fourth-order valence-electron chi connectivity index (χ4n) is 4.72. The molecule has 1 aromatic carbocycles. The number of carbonyl (C=O) groups is 1. The summed E-state index contributed by atoms with van der Waals surface area (Å²) in [4.78, 5) is 20.2. The van der Waals surface area contributed by atoms with Crippen LogP contribution in [0.5, 0.6) is 5.88 Å². The Morgan fingerprint density at radius 2 is 1.84 bits per heavy atom. The molecule has 1 aliphatic carbocycles. The van der Waals surface area contributed by atoms with Crippen molar-refractivity contribution in [3.63, 3.8) is 0 Å². The van der Waals surface area contributed by atoms with Crippen molar-refractivity contribution in [3.05, 3.63) is 51.9 Å². The van der Waals surface area contributed by atoms with E-state index in [9.17, 15) is 4.79 Å². The van der Waals surface area contributed by atoms with Gasteiger partial charge in [0.2, 0.25) is 5.88 Å². The van der Waals surface area contributed by atoms with E-state index in [0.717, 1.165) is 42.4 Å². The number of halogens is 1. The van der Waals surface area contributed by atoms with Gasteiger partial charge in [-0.1, -0.05) is 35.9 Å². The largest absolute Gasteiger partial charge is 0.469 e. The predicted octanol–water partition coefficient (Wildman–Crippen LogP) is 5.99. The maximum atomic E-state index is 11.5. The highest BCUT2D eigenvalue weighted by Crippen LogP contribution is 2.42. The van der Waals surface area contributed by atoms with Gasteiger partial charge in [0, 0.05) is 12.0 Å². The highest BCUT2D eigenvalue weighted by Gasteiger charge is 2.34. The second-order valence-electron chi connectivity index (χ2n) is 9.07. The van der Waals surface area contributed by atoms with E-state index in [1.807, 2.05) is 26.8 Å². The van der Waals surface area contributed by atoms with Gasteiger partial charge in [-0.15, -0.1) is 0 Å². The van der Waals surface area contributed by atoms with Crippen LogP contribution in [0.3, 0.4) is 0 Å². The maximum Gasteiger partial charge on any atom is 0.305 e. The van der Waals surface area contributed by atoms with E-state index in [0.29, 0.717) is 35.1 Å². The summed E-state index contributed by atoms with van der Waals surface area (Å²) < 4.78 is 11.0. The van der Waals surface area contributed by atoms with Crippen molar-refractivity contribution in [3.8, 4) is 5.88 Å². The molecule has 0 bridgehead atoms. The van der Waals surface area contributed by atoms with Crippen LogP contribution < -0.4 is 4.74 Å². The number of carbonyl (C=O) groups excluding carboxylic acids is 1. The highest BCUT2D eigenvalue weighted by atomic mass is 35.5. The number of benzene rings is 1. The second-order valence-corrected chi connectivity index (χ2v) is 9.43. The third kappa shape index (κ3) is 4.62. The van der Waals surface area contributed by atoms with E-state index in [1.165, 1.54) is 12.7 Å². The fraction of sp³-hybridized carbons (Fsp3) is 0.480. The summed E-state index contributed by atoms with van der Waals surface area (Å²) in [7, 11) is 1.46. The van der Waals surface area contributed by atoms with Crippen LogP contribution in [0, 0.1) is 12.8 Å². The van der Waals surface area contributed by atoms with Gasteiger partial charge < -0.3 is 9.47 Å². The molecule has 0 saturated heterocycles. The molecule has 164 valence electrons. The number of rotatable bonds is 4. The minimum atomic E-state index is -0.523. The topological polar surface area (TPSA) is 61.3 Å². The SMILES string of the molecule is COC(=O)CC1CCC(c2ccc(C3=Cc4c(Cl)nc(C)nc4OC3(C)C)cc2)CC1. The summed E-state index contributed by atoms with van der Waals surface area (Å²) in [6, 6.07) is 8.78. The first kappa shape index (κ1) is 21.8. The van der Waals surface area contributed by atoms with Crippen LogP contribution in [0.4, 0.5) is 0 Å². The molecule has 31 heavy (non-hydrogen) atoms. The van der Waals surface area contributed by atoms with Crippen molar-refractivity contribution in [2.75, 3.05) is 7.11 Å². The van der Waals surface area contributed by atoms with Crippen LogP contribution in [-0.4, -0.2) is 28.6 Å². The average molecular weight is 441 g/mol. The van der Waals surface area contributed by atoms with Gasteiger partial charge in [0.05, 0.1) is 12.7 Å². The van der Waals surface area contributed by atoms with Gasteiger partial charge in [-0.3, -0.25) is 4.79 Å². The lowest BCUT2D eigenvalue weighted by Crippen LogP contribution is -2.33.